The van der Waals surface area contributed by atoms with E-state index in [-0.39, 0.29) is 17.9 Å². The van der Waals surface area contributed by atoms with E-state index in [0.29, 0.717) is 12.7 Å². The number of piperidine rings is 1. The van der Waals surface area contributed by atoms with Gasteiger partial charge in [-0.05, 0) is 31.4 Å². The molecule has 4 heterocycles. The molecule has 1 aromatic rings. The van der Waals surface area contributed by atoms with E-state index < -0.39 is 5.54 Å². The minimum atomic E-state index is -0.439. The van der Waals surface area contributed by atoms with Gasteiger partial charge in [0, 0.05) is 43.7 Å². The summed E-state index contributed by atoms with van der Waals surface area (Å²) in [6.45, 7) is 4.10. The Morgan fingerprint density at radius 1 is 1.14 bits per heavy atom. The quantitative estimate of drug-likeness (QED) is 0.757. The predicted octanol–water partition coefficient (Wildman–Crippen LogP) is 0.678. The zero-order chi connectivity index (χ0) is 19.8. The molecule has 0 saturated carbocycles. The molecule has 156 valence electrons. The van der Waals surface area contributed by atoms with Gasteiger partial charge >= 0.3 is 0 Å². The van der Waals surface area contributed by atoms with Crippen molar-refractivity contribution in [2.45, 2.75) is 36.9 Å². The highest BCUT2D eigenvalue weighted by Gasteiger charge is 2.51. The smallest absolute Gasteiger partial charge is 0.247 e. The van der Waals surface area contributed by atoms with Crippen molar-refractivity contribution in [3.05, 3.63) is 30.3 Å². The molecule has 8 heteroatoms. The number of para-hydroxylation sites is 1. The number of nitrogens with one attached hydrogen (secondary N) is 2. The number of nitrogens with zero attached hydrogens (tertiary/aromatic N) is 3. The van der Waals surface area contributed by atoms with Gasteiger partial charge in [-0.2, -0.15) is 0 Å². The van der Waals surface area contributed by atoms with E-state index in [1.165, 1.54) is 0 Å². The molecule has 7 nitrogen and oxygen atoms in total. The van der Waals surface area contributed by atoms with Crippen LogP contribution in [0.4, 0.5) is 5.69 Å². The molecule has 0 unspecified atom stereocenters. The number of carbonyl (C=O) groups is 2. The van der Waals surface area contributed by atoms with E-state index >= 15 is 0 Å². The van der Waals surface area contributed by atoms with Crippen LogP contribution in [0.5, 0.6) is 0 Å². The minimum absolute atomic E-state index is 0.0508. The summed E-state index contributed by atoms with van der Waals surface area (Å²) < 4.78 is 0. The summed E-state index contributed by atoms with van der Waals surface area (Å²) in [4.78, 5) is 32.2. The fourth-order valence-corrected chi connectivity index (χ4v) is 6.24. The highest BCUT2D eigenvalue weighted by Crippen LogP contribution is 2.37. The number of hydrogen-bond donors (Lipinski definition) is 2. The lowest BCUT2D eigenvalue weighted by Crippen LogP contribution is -2.58. The Morgan fingerprint density at radius 3 is 2.66 bits per heavy atom. The van der Waals surface area contributed by atoms with Crippen molar-refractivity contribution < 1.29 is 9.59 Å². The Balaban J connectivity index is 1.22. The SMILES string of the molecule is O=C([C@@H]1C[C@H](N2CCC3(CC2)C(=O)NCN3c2ccccc2)CN1)N1CCSC1. The van der Waals surface area contributed by atoms with Crippen LogP contribution in [0.25, 0.3) is 0 Å². The van der Waals surface area contributed by atoms with Gasteiger partial charge in [-0.1, -0.05) is 18.2 Å². The largest absolute Gasteiger partial charge is 0.339 e. The van der Waals surface area contributed by atoms with Crippen molar-refractivity contribution in [2.24, 2.45) is 0 Å². The standard InChI is InChI=1S/C21H29N5O2S/c27-19(25-10-11-29-15-25)18-12-17(13-22-18)24-8-6-21(7-9-24)20(28)23-14-26(21)16-4-2-1-3-5-16/h1-5,17-18,22H,6-15H2,(H,23,28)/t17-,18-/m0/s1. The molecule has 2 amide bonds. The molecule has 4 saturated heterocycles. The van der Waals surface area contributed by atoms with Crippen molar-refractivity contribution in [3.63, 3.8) is 0 Å². The zero-order valence-corrected chi connectivity index (χ0v) is 17.5. The lowest BCUT2D eigenvalue weighted by Gasteiger charge is -2.44. The molecule has 29 heavy (non-hydrogen) atoms. The molecule has 4 aliphatic rings. The number of likely N-dealkylation sites (tertiary alicyclic amines) is 1. The highest BCUT2D eigenvalue weighted by atomic mass is 32.2. The maximum atomic E-state index is 12.8. The number of rotatable bonds is 3. The monoisotopic (exact) mass is 415 g/mol. The molecule has 2 atom stereocenters. The molecule has 0 aromatic heterocycles. The summed E-state index contributed by atoms with van der Waals surface area (Å²) in [5, 5.41) is 6.52. The summed E-state index contributed by atoms with van der Waals surface area (Å²) in [6, 6.07) is 10.6. The Kier molecular flexibility index (Phi) is 5.17. The first-order valence-corrected chi connectivity index (χ1v) is 11.8. The summed E-state index contributed by atoms with van der Waals surface area (Å²) in [7, 11) is 0. The molecule has 4 aliphatic heterocycles. The van der Waals surface area contributed by atoms with E-state index in [1.807, 2.05) is 34.9 Å². The minimum Gasteiger partial charge on any atom is -0.339 e. The highest BCUT2D eigenvalue weighted by molar-refractivity contribution is 7.99. The molecule has 1 aromatic carbocycles. The lowest BCUT2D eigenvalue weighted by atomic mass is 9.85. The van der Waals surface area contributed by atoms with Crippen LogP contribution < -0.4 is 15.5 Å². The van der Waals surface area contributed by atoms with Crippen LogP contribution in [0.15, 0.2) is 30.3 Å². The second-order valence-electron chi connectivity index (χ2n) is 8.48. The lowest BCUT2D eigenvalue weighted by molar-refractivity contribution is -0.131. The van der Waals surface area contributed by atoms with E-state index in [2.05, 4.69) is 32.6 Å². The maximum Gasteiger partial charge on any atom is 0.247 e. The van der Waals surface area contributed by atoms with Gasteiger partial charge in [0.25, 0.3) is 0 Å². The Bertz CT molecular complexity index is 762. The van der Waals surface area contributed by atoms with Gasteiger partial charge < -0.3 is 20.4 Å². The molecule has 5 rings (SSSR count). The second kappa shape index (κ2) is 7.81. The van der Waals surface area contributed by atoms with Crippen LogP contribution in [0.2, 0.25) is 0 Å². The molecule has 1 spiro atoms. The average Bonchev–Trinajstić information content (AvgIpc) is 3.51. The number of thioether (sulfide) groups is 1. The molecular formula is C21H29N5O2S. The number of hydrogen-bond acceptors (Lipinski definition) is 6. The van der Waals surface area contributed by atoms with Gasteiger partial charge in [-0.3, -0.25) is 14.5 Å². The summed E-state index contributed by atoms with van der Waals surface area (Å²) in [5.74, 6) is 2.30. The van der Waals surface area contributed by atoms with Crippen molar-refractivity contribution in [1.82, 2.24) is 20.4 Å². The third-order valence-electron chi connectivity index (χ3n) is 7.02. The van der Waals surface area contributed by atoms with Crippen molar-refractivity contribution in [2.75, 3.05) is 49.4 Å². The number of benzene rings is 1. The fourth-order valence-electron chi connectivity index (χ4n) is 5.28. The third kappa shape index (κ3) is 3.41. The first-order chi connectivity index (χ1) is 14.2. The Labute approximate surface area is 176 Å². The van der Waals surface area contributed by atoms with Gasteiger partial charge in [0.15, 0.2) is 0 Å². The Morgan fingerprint density at radius 2 is 1.93 bits per heavy atom. The molecule has 0 bridgehead atoms. The van der Waals surface area contributed by atoms with E-state index in [4.69, 9.17) is 0 Å². The summed E-state index contributed by atoms with van der Waals surface area (Å²) in [5.41, 5.74) is 0.669. The van der Waals surface area contributed by atoms with Gasteiger partial charge in [-0.15, -0.1) is 11.8 Å². The maximum absolute atomic E-state index is 12.8. The van der Waals surface area contributed by atoms with Crippen LogP contribution in [0.1, 0.15) is 19.3 Å². The topological polar surface area (TPSA) is 67.9 Å². The normalized spacial score (nSPS) is 29.6. The number of amides is 2. The van der Waals surface area contributed by atoms with Crippen LogP contribution in [-0.2, 0) is 9.59 Å². The second-order valence-corrected chi connectivity index (χ2v) is 9.56. The molecule has 4 fully saturated rings. The van der Waals surface area contributed by atoms with E-state index in [0.717, 1.165) is 62.8 Å². The predicted molar refractivity (Wildman–Crippen MR) is 115 cm³/mol. The number of anilines is 1. The zero-order valence-electron chi connectivity index (χ0n) is 16.7. The van der Waals surface area contributed by atoms with Crippen LogP contribution >= 0.6 is 11.8 Å². The van der Waals surface area contributed by atoms with Gasteiger partial charge in [-0.25, -0.2) is 0 Å². The fraction of sp³-hybridized carbons (Fsp3) is 0.619. The van der Waals surface area contributed by atoms with Crippen molar-refractivity contribution in [3.8, 4) is 0 Å². The van der Waals surface area contributed by atoms with Crippen molar-refractivity contribution >= 4 is 29.3 Å². The van der Waals surface area contributed by atoms with Crippen LogP contribution in [-0.4, -0.2) is 83.7 Å². The van der Waals surface area contributed by atoms with Gasteiger partial charge in [0.2, 0.25) is 11.8 Å². The molecule has 0 aliphatic carbocycles. The Hall–Kier alpha value is -1.77. The first-order valence-electron chi connectivity index (χ1n) is 10.6. The third-order valence-corrected chi connectivity index (χ3v) is 7.98. The molecule has 2 N–H and O–H groups in total. The average molecular weight is 416 g/mol. The van der Waals surface area contributed by atoms with Crippen LogP contribution in [0.3, 0.4) is 0 Å². The van der Waals surface area contributed by atoms with Crippen molar-refractivity contribution in [1.29, 1.82) is 0 Å². The number of carbonyl (C=O) groups excluding carboxylic acids is 2. The molecule has 0 radical (unpaired) electrons. The van der Waals surface area contributed by atoms with Gasteiger partial charge in [0.1, 0.15) is 5.54 Å². The summed E-state index contributed by atoms with van der Waals surface area (Å²) >= 11 is 1.83. The van der Waals surface area contributed by atoms with E-state index in [9.17, 15) is 9.59 Å². The van der Waals surface area contributed by atoms with Gasteiger partial charge in [0.05, 0.1) is 18.6 Å². The summed E-state index contributed by atoms with van der Waals surface area (Å²) in [6.07, 6.45) is 2.53. The van der Waals surface area contributed by atoms with Crippen LogP contribution in [0, 0.1) is 0 Å². The van der Waals surface area contributed by atoms with E-state index in [1.54, 1.807) is 0 Å². The molecular weight excluding hydrogens is 386 g/mol. The first kappa shape index (κ1) is 19.2.